The summed E-state index contributed by atoms with van der Waals surface area (Å²) < 4.78 is 41.6. The van der Waals surface area contributed by atoms with Gasteiger partial charge < -0.3 is 10.1 Å². The van der Waals surface area contributed by atoms with E-state index in [-0.39, 0.29) is 11.8 Å². The Morgan fingerprint density at radius 2 is 2.11 bits per heavy atom. The van der Waals surface area contributed by atoms with Crippen LogP contribution in [0.25, 0.3) is 0 Å². The Kier molecular flexibility index (Phi) is 4.58. The van der Waals surface area contributed by atoms with Gasteiger partial charge in [-0.2, -0.15) is 13.2 Å². The fraction of sp³-hybridized carbons (Fsp3) is 0.417. The van der Waals surface area contributed by atoms with Crippen molar-refractivity contribution in [2.24, 2.45) is 0 Å². The summed E-state index contributed by atoms with van der Waals surface area (Å²) in [5.74, 6) is -1.58. The number of rotatable bonds is 4. The van der Waals surface area contributed by atoms with Crippen LogP contribution in [0.1, 0.15) is 20.3 Å². The fourth-order valence-corrected chi connectivity index (χ4v) is 1.16. The van der Waals surface area contributed by atoms with Gasteiger partial charge in [0.2, 0.25) is 0 Å². The summed E-state index contributed by atoms with van der Waals surface area (Å²) >= 11 is 0. The molecule has 6 heteroatoms. The summed E-state index contributed by atoms with van der Waals surface area (Å²) in [6, 6.07) is 5.86. The highest BCUT2D eigenvalue weighted by atomic mass is 19.4. The number of ether oxygens (including phenoxy) is 1. The molecule has 1 atom stereocenters. The molecule has 1 amide bonds. The topological polar surface area (TPSA) is 38.3 Å². The van der Waals surface area contributed by atoms with Crippen molar-refractivity contribution in [3.63, 3.8) is 0 Å². The summed E-state index contributed by atoms with van der Waals surface area (Å²) in [6.07, 6.45) is -4.16. The molecule has 0 radical (unpaired) electrons. The molecular weight excluding hydrogens is 247 g/mol. The smallest absolute Gasteiger partial charge is 0.471 e. The molecule has 100 valence electrons. The lowest BCUT2D eigenvalue weighted by molar-refractivity contribution is -0.167. The summed E-state index contributed by atoms with van der Waals surface area (Å²) in [5, 5.41) is 1.77. The van der Waals surface area contributed by atoms with E-state index in [4.69, 9.17) is 4.74 Å². The second kappa shape index (κ2) is 5.75. The molecule has 1 aromatic carbocycles. The number of hydrogen-bond donors (Lipinski definition) is 1. The number of amides is 1. The number of halogens is 3. The Hall–Kier alpha value is -1.72. The maximum absolute atomic E-state index is 12.1. The standard InChI is InChI=1S/C12H14F3NO2/c1-3-8(2)18-10-6-4-5-9(7-10)16-11(17)12(13,14)15/h4-8H,3H2,1-2H3,(H,16,17). The first kappa shape index (κ1) is 14.3. The van der Waals surface area contributed by atoms with E-state index in [1.54, 1.807) is 11.4 Å². The molecule has 0 bridgehead atoms. The molecule has 0 saturated carbocycles. The first-order valence-electron chi connectivity index (χ1n) is 5.47. The number of nitrogens with one attached hydrogen (secondary N) is 1. The zero-order chi connectivity index (χ0) is 13.8. The van der Waals surface area contributed by atoms with Gasteiger partial charge in [0, 0.05) is 11.8 Å². The van der Waals surface area contributed by atoms with Crippen LogP contribution in [0.4, 0.5) is 18.9 Å². The van der Waals surface area contributed by atoms with Crippen molar-refractivity contribution in [3.05, 3.63) is 24.3 Å². The average Bonchev–Trinajstić information content (AvgIpc) is 2.28. The minimum atomic E-state index is -4.90. The van der Waals surface area contributed by atoms with Crippen LogP contribution in [0.3, 0.4) is 0 Å². The van der Waals surface area contributed by atoms with Crippen molar-refractivity contribution in [1.82, 2.24) is 0 Å². The molecule has 18 heavy (non-hydrogen) atoms. The van der Waals surface area contributed by atoms with E-state index >= 15 is 0 Å². The number of carbonyl (C=O) groups excluding carboxylic acids is 1. The van der Waals surface area contributed by atoms with Crippen LogP contribution in [-0.2, 0) is 4.79 Å². The zero-order valence-corrected chi connectivity index (χ0v) is 10.0. The molecule has 1 N–H and O–H groups in total. The van der Waals surface area contributed by atoms with Gasteiger partial charge in [-0.1, -0.05) is 13.0 Å². The lowest BCUT2D eigenvalue weighted by Gasteiger charge is -2.14. The number of alkyl halides is 3. The van der Waals surface area contributed by atoms with E-state index in [1.165, 1.54) is 18.2 Å². The van der Waals surface area contributed by atoms with E-state index in [2.05, 4.69) is 0 Å². The maximum atomic E-state index is 12.1. The van der Waals surface area contributed by atoms with Crippen molar-refractivity contribution in [2.75, 3.05) is 5.32 Å². The number of anilines is 1. The van der Waals surface area contributed by atoms with Crippen LogP contribution in [-0.4, -0.2) is 18.2 Å². The molecule has 3 nitrogen and oxygen atoms in total. The van der Waals surface area contributed by atoms with Crippen LogP contribution in [0.15, 0.2) is 24.3 Å². The van der Waals surface area contributed by atoms with Gasteiger partial charge in [-0.3, -0.25) is 4.79 Å². The highest BCUT2D eigenvalue weighted by Gasteiger charge is 2.38. The average molecular weight is 261 g/mol. The largest absolute Gasteiger partial charge is 0.491 e. The van der Waals surface area contributed by atoms with Crippen LogP contribution < -0.4 is 10.1 Å². The van der Waals surface area contributed by atoms with Gasteiger partial charge in [0.05, 0.1) is 6.10 Å². The molecule has 0 heterocycles. The molecule has 1 aromatic rings. The summed E-state index contributed by atoms with van der Waals surface area (Å²) in [6.45, 7) is 3.78. The number of benzene rings is 1. The van der Waals surface area contributed by atoms with Gasteiger partial charge in [0.25, 0.3) is 0 Å². The second-order valence-corrected chi connectivity index (χ2v) is 3.82. The van der Waals surface area contributed by atoms with Crippen molar-refractivity contribution in [2.45, 2.75) is 32.5 Å². The quantitative estimate of drug-likeness (QED) is 0.902. The minimum Gasteiger partial charge on any atom is -0.491 e. The Balaban J connectivity index is 2.74. The van der Waals surface area contributed by atoms with Crippen LogP contribution >= 0.6 is 0 Å². The first-order valence-corrected chi connectivity index (χ1v) is 5.47. The van der Waals surface area contributed by atoms with E-state index in [0.717, 1.165) is 6.42 Å². The van der Waals surface area contributed by atoms with Gasteiger partial charge in [-0.25, -0.2) is 0 Å². The molecule has 0 aromatic heterocycles. The molecule has 1 unspecified atom stereocenters. The van der Waals surface area contributed by atoms with Crippen molar-refractivity contribution in [3.8, 4) is 5.75 Å². The van der Waals surface area contributed by atoms with Gasteiger partial charge in [0.15, 0.2) is 0 Å². The zero-order valence-electron chi connectivity index (χ0n) is 10.0. The van der Waals surface area contributed by atoms with Crippen molar-refractivity contribution in [1.29, 1.82) is 0 Å². The third kappa shape index (κ3) is 4.27. The highest BCUT2D eigenvalue weighted by Crippen LogP contribution is 2.22. The highest BCUT2D eigenvalue weighted by molar-refractivity contribution is 5.95. The van der Waals surface area contributed by atoms with E-state index in [1.807, 2.05) is 13.8 Å². The first-order chi connectivity index (χ1) is 8.32. The Morgan fingerprint density at radius 3 is 2.67 bits per heavy atom. The van der Waals surface area contributed by atoms with Crippen LogP contribution in [0, 0.1) is 0 Å². The number of carbonyl (C=O) groups is 1. The Bertz CT molecular complexity index is 418. The van der Waals surface area contributed by atoms with Gasteiger partial charge in [0.1, 0.15) is 5.75 Å². The summed E-state index contributed by atoms with van der Waals surface area (Å²) in [5.41, 5.74) is 0.0538. The lowest BCUT2D eigenvalue weighted by atomic mass is 10.2. The van der Waals surface area contributed by atoms with E-state index in [0.29, 0.717) is 5.75 Å². The molecule has 0 fully saturated rings. The fourth-order valence-electron chi connectivity index (χ4n) is 1.16. The van der Waals surface area contributed by atoms with Gasteiger partial charge in [-0.05, 0) is 25.5 Å². The molecular formula is C12H14F3NO2. The van der Waals surface area contributed by atoms with Crippen molar-refractivity contribution < 1.29 is 22.7 Å². The lowest BCUT2D eigenvalue weighted by Crippen LogP contribution is -2.29. The minimum absolute atomic E-state index is 0.0430. The molecule has 0 aliphatic rings. The third-order valence-electron chi connectivity index (χ3n) is 2.26. The maximum Gasteiger partial charge on any atom is 0.471 e. The molecule has 0 aliphatic heterocycles. The molecule has 0 aliphatic carbocycles. The van der Waals surface area contributed by atoms with Gasteiger partial charge >= 0.3 is 12.1 Å². The SMILES string of the molecule is CCC(C)Oc1cccc(NC(=O)C(F)(F)F)c1. The normalized spacial score (nSPS) is 12.9. The molecule has 1 rings (SSSR count). The summed E-state index contributed by atoms with van der Waals surface area (Å²) in [7, 11) is 0. The van der Waals surface area contributed by atoms with Crippen LogP contribution in [0.5, 0.6) is 5.75 Å². The van der Waals surface area contributed by atoms with E-state index in [9.17, 15) is 18.0 Å². The molecule has 0 saturated heterocycles. The van der Waals surface area contributed by atoms with Gasteiger partial charge in [-0.15, -0.1) is 0 Å². The Labute approximate surface area is 103 Å². The van der Waals surface area contributed by atoms with Crippen molar-refractivity contribution >= 4 is 11.6 Å². The number of hydrogen-bond acceptors (Lipinski definition) is 2. The predicted octanol–water partition coefficient (Wildman–Crippen LogP) is 3.36. The monoisotopic (exact) mass is 261 g/mol. The molecule has 0 spiro atoms. The second-order valence-electron chi connectivity index (χ2n) is 3.82. The third-order valence-corrected chi connectivity index (χ3v) is 2.26. The summed E-state index contributed by atoms with van der Waals surface area (Å²) in [4.78, 5) is 10.7. The van der Waals surface area contributed by atoms with E-state index < -0.39 is 12.1 Å². The Morgan fingerprint density at radius 1 is 1.44 bits per heavy atom. The predicted molar refractivity (Wildman–Crippen MR) is 61.5 cm³/mol. The van der Waals surface area contributed by atoms with Crippen LogP contribution in [0.2, 0.25) is 0 Å².